The molecule has 0 N–H and O–H groups in total. The Morgan fingerprint density at radius 2 is 1.90 bits per heavy atom. The molecular formula is C17H31N3. The number of hydrogen-bond donors (Lipinski definition) is 0. The predicted molar refractivity (Wildman–Crippen MR) is 86.8 cm³/mol. The van der Waals surface area contributed by atoms with Gasteiger partial charge in [-0.2, -0.15) is 0 Å². The van der Waals surface area contributed by atoms with Gasteiger partial charge >= 0.3 is 0 Å². The summed E-state index contributed by atoms with van der Waals surface area (Å²) in [5.41, 5.74) is 1.19. The first-order valence-corrected chi connectivity index (χ1v) is 8.12. The number of rotatable bonds is 5. The predicted octanol–water partition coefficient (Wildman–Crippen LogP) is 2.57. The molecule has 3 nitrogen and oxygen atoms in total. The summed E-state index contributed by atoms with van der Waals surface area (Å²) in [6, 6.07) is 1.41. The minimum absolute atomic E-state index is 0.666. The van der Waals surface area contributed by atoms with E-state index in [1.54, 1.807) is 0 Å². The van der Waals surface area contributed by atoms with E-state index in [2.05, 4.69) is 54.3 Å². The number of nitrogens with zero attached hydrogens (tertiary/aromatic N) is 3. The average Bonchev–Trinajstić information content (AvgIpc) is 2.84. The summed E-state index contributed by atoms with van der Waals surface area (Å²) in [5.74, 6) is 0. The minimum atomic E-state index is 0.666. The van der Waals surface area contributed by atoms with Crippen LogP contribution in [-0.2, 0) is 0 Å². The van der Waals surface area contributed by atoms with Crippen LogP contribution in [0.5, 0.6) is 0 Å². The number of likely N-dealkylation sites (tertiary alicyclic amines) is 1. The van der Waals surface area contributed by atoms with Crippen LogP contribution < -0.4 is 0 Å². The lowest BCUT2D eigenvalue weighted by Gasteiger charge is -2.38. The zero-order chi connectivity index (χ0) is 14.5. The Bertz CT molecular complexity index is 340. The van der Waals surface area contributed by atoms with Crippen LogP contribution in [0, 0.1) is 0 Å². The maximum Gasteiger partial charge on any atom is 0.0306 e. The number of hydrogen-bond acceptors (Lipinski definition) is 3. The van der Waals surface area contributed by atoms with E-state index in [4.69, 9.17) is 0 Å². The lowest BCUT2D eigenvalue weighted by Crippen LogP contribution is -2.47. The third kappa shape index (κ3) is 4.10. The number of piperazine rings is 1. The van der Waals surface area contributed by atoms with Gasteiger partial charge in [0.2, 0.25) is 0 Å². The Hall–Kier alpha value is -0.800. The van der Waals surface area contributed by atoms with Gasteiger partial charge in [0.05, 0.1) is 0 Å². The third-order valence-electron chi connectivity index (χ3n) is 4.84. The van der Waals surface area contributed by atoms with Crippen molar-refractivity contribution in [3.05, 3.63) is 24.4 Å². The van der Waals surface area contributed by atoms with Gasteiger partial charge < -0.3 is 9.80 Å². The van der Waals surface area contributed by atoms with E-state index in [-0.39, 0.29) is 0 Å². The standard InChI is InChI=1S/C17H31N3/c1-15(2)19-11-13-20(14-12-19)16(3)7-5-8-17-9-6-10-18(17)4/h5,7,15,17H,3,6,8-14H2,1-2,4H3/b7-5+. The van der Waals surface area contributed by atoms with Crippen molar-refractivity contribution in [3.8, 4) is 0 Å². The highest BCUT2D eigenvalue weighted by molar-refractivity contribution is 5.14. The molecule has 3 heteroatoms. The molecule has 2 heterocycles. The van der Waals surface area contributed by atoms with Gasteiger partial charge in [0.25, 0.3) is 0 Å². The maximum absolute atomic E-state index is 4.24. The molecule has 2 rings (SSSR count). The molecule has 2 saturated heterocycles. The van der Waals surface area contributed by atoms with Gasteiger partial charge in [0.1, 0.15) is 0 Å². The summed E-state index contributed by atoms with van der Waals surface area (Å²) in [5, 5.41) is 0. The van der Waals surface area contributed by atoms with Gasteiger partial charge in [-0.05, 0) is 52.8 Å². The molecule has 114 valence electrons. The smallest absolute Gasteiger partial charge is 0.0306 e. The molecule has 0 radical (unpaired) electrons. The molecule has 0 aliphatic carbocycles. The lowest BCUT2D eigenvalue weighted by molar-refractivity contribution is 0.133. The van der Waals surface area contributed by atoms with Gasteiger partial charge in [-0.1, -0.05) is 12.7 Å². The van der Waals surface area contributed by atoms with Crippen molar-refractivity contribution < 1.29 is 0 Å². The second-order valence-electron chi connectivity index (χ2n) is 6.52. The molecule has 1 atom stereocenters. The first-order chi connectivity index (χ1) is 9.58. The molecule has 0 saturated carbocycles. The normalized spacial score (nSPS) is 26.0. The van der Waals surface area contributed by atoms with Crippen LogP contribution in [0.1, 0.15) is 33.1 Å². The van der Waals surface area contributed by atoms with Crippen LogP contribution in [0.25, 0.3) is 0 Å². The van der Waals surface area contributed by atoms with Gasteiger partial charge in [0, 0.05) is 44.0 Å². The van der Waals surface area contributed by atoms with Crippen LogP contribution in [-0.4, -0.2) is 66.6 Å². The molecule has 2 fully saturated rings. The fourth-order valence-corrected chi connectivity index (χ4v) is 3.27. The van der Waals surface area contributed by atoms with Crippen LogP contribution in [0.2, 0.25) is 0 Å². The SMILES string of the molecule is C=C(/C=C/CC1CCCN1C)N1CCN(C(C)C)CC1. The summed E-state index contributed by atoms with van der Waals surface area (Å²) >= 11 is 0. The quantitative estimate of drug-likeness (QED) is 0.715. The molecule has 0 amide bonds. The fourth-order valence-electron chi connectivity index (χ4n) is 3.27. The second kappa shape index (κ2) is 7.28. The van der Waals surface area contributed by atoms with Gasteiger partial charge in [-0.15, -0.1) is 0 Å². The second-order valence-corrected chi connectivity index (χ2v) is 6.52. The fraction of sp³-hybridized carbons (Fsp3) is 0.765. The molecule has 0 aromatic rings. The van der Waals surface area contributed by atoms with Crippen molar-refractivity contribution in [1.29, 1.82) is 0 Å². The topological polar surface area (TPSA) is 9.72 Å². The van der Waals surface area contributed by atoms with Crippen LogP contribution >= 0.6 is 0 Å². The molecule has 1 unspecified atom stereocenters. The van der Waals surface area contributed by atoms with E-state index in [0.29, 0.717) is 6.04 Å². The Kier molecular flexibility index (Phi) is 5.67. The molecule has 2 aliphatic rings. The van der Waals surface area contributed by atoms with E-state index >= 15 is 0 Å². The summed E-state index contributed by atoms with van der Waals surface area (Å²) in [6.45, 7) is 14.6. The number of allylic oxidation sites excluding steroid dienone is 1. The summed E-state index contributed by atoms with van der Waals surface area (Å²) in [6.07, 6.45) is 8.43. The maximum atomic E-state index is 4.24. The van der Waals surface area contributed by atoms with Crippen molar-refractivity contribution in [1.82, 2.24) is 14.7 Å². The van der Waals surface area contributed by atoms with E-state index in [1.165, 1.54) is 31.5 Å². The van der Waals surface area contributed by atoms with E-state index in [9.17, 15) is 0 Å². The van der Waals surface area contributed by atoms with Crippen molar-refractivity contribution >= 4 is 0 Å². The zero-order valence-electron chi connectivity index (χ0n) is 13.5. The largest absolute Gasteiger partial charge is 0.369 e. The monoisotopic (exact) mass is 277 g/mol. The highest BCUT2D eigenvalue weighted by Crippen LogP contribution is 2.19. The van der Waals surface area contributed by atoms with E-state index in [1.807, 2.05) is 0 Å². The minimum Gasteiger partial charge on any atom is -0.369 e. The molecule has 0 bridgehead atoms. The highest BCUT2D eigenvalue weighted by Gasteiger charge is 2.20. The van der Waals surface area contributed by atoms with Gasteiger partial charge in [-0.3, -0.25) is 4.90 Å². The average molecular weight is 277 g/mol. The molecule has 0 aromatic heterocycles. The van der Waals surface area contributed by atoms with Gasteiger partial charge in [-0.25, -0.2) is 0 Å². The Labute approximate surface area is 124 Å². The van der Waals surface area contributed by atoms with Crippen molar-refractivity contribution in [2.75, 3.05) is 39.8 Å². The lowest BCUT2D eigenvalue weighted by atomic mass is 10.1. The van der Waals surface area contributed by atoms with Crippen LogP contribution in [0.3, 0.4) is 0 Å². The highest BCUT2D eigenvalue weighted by atomic mass is 15.3. The molecular weight excluding hydrogens is 246 g/mol. The molecule has 2 aliphatic heterocycles. The Balaban J connectivity index is 1.72. The van der Waals surface area contributed by atoms with Gasteiger partial charge in [0.15, 0.2) is 0 Å². The summed E-state index contributed by atoms with van der Waals surface area (Å²) in [4.78, 5) is 7.45. The first kappa shape index (κ1) is 15.6. The van der Waals surface area contributed by atoms with E-state index in [0.717, 1.165) is 32.2 Å². The van der Waals surface area contributed by atoms with E-state index < -0.39 is 0 Å². The first-order valence-electron chi connectivity index (χ1n) is 8.12. The molecule has 20 heavy (non-hydrogen) atoms. The molecule has 0 aromatic carbocycles. The summed E-state index contributed by atoms with van der Waals surface area (Å²) < 4.78 is 0. The molecule has 0 spiro atoms. The van der Waals surface area contributed by atoms with Crippen molar-refractivity contribution in [2.45, 2.75) is 45.2 Å². The van der Waals surface area contributed by atoms with Crippen molar-refractivity contribution in [2.24, 2.45) is 0 Å². The third-order valence-corrected chi connectivity index (χ3v) is 4.84. The van der Waals surface area contributed by atoms with Crippen LogP contribution in [0.4, 0.5) is 0 Å². The zero-order valence-corrected chi connectivity index (χ0v) is 13.5. The summed E-state index contributed by atoms with van der Waals surface area (Å²) in [7, 11) is 2.24. The Morgan fingerprint density at radius 1 is 1.20 bits per heavy atom. The van der Waals surface area contributed by atoms with Crippen LogP contribution in [0.15, 0.2) is 24.4 Å². The Morgan fingerprint density at radius 3 is 2.45 bits per heavy atom. The van der Waals surface area contributed by atoms with Crippen molar-refractivity contribution in [3.63, 3.8) is 0 Å².